The molecule has 3 rings (SSSR count). The molecule has 1 aliphatic heterocycles. The first kappa shape index (κ1) is 21.0. The Bertz CT molecular complexity index is 909. The first-order valence-corrected chi connectivity index (χ1v) is 11.3. The Morgan fingerprint density at radius 2 is 1.93 bits per heavy atom. The van der Waals surface area contributed by atoms with Gasteiger partial charge in [0, 0.05) is 24.2 Å². The summed E-state index contributed by atoms with van der Waals surface area (Å²) in [7, 11) is -3.08. The number of para-hydroxylation sites is 1. The zero-order chi connectivity index (χ0) is 20.1. The van der Waals surface area contributed by atoms with Gasteiger partial charge >= 0.3 is 0 Å². The van der Waals surface area contributed by atoms with Crippen molar-refractivity contribution < 1.29 is 22.7 Å². The van der Waals surface area contributed by atoms with E-state index in [2.05, 4.69) is 0 Å². The molecular formula is C20H23ClFNO4S. The van der Waals surface area contributed by atoms with E-state index in [0.717, 1.165) is 5.56 Å². The highest BCUT2D eigenvalue weighted by Crippen LogP contribution is 2.24. The van der Waals surface area contributed by atoms with Crippen molar-refractivity contribution in [1.82, 2.24) is 4.90 Å². The van der Waals surface area contributed by atoms with Crippen molar-refractivity contribution >= 4 is 21.4 Å². The highest BCUT2D eigenvalue weighted by Gasteiger charge is 2.33. The van der Waals surface area contributed by atoms with Crippen LogP contribution in [0.5, 0.6) is 5.75 Å². The van der Waals surface area contributed by atoms with Gasteiger partial charge in [-0.2, -0.15) is 0 Å². The zero-order valence-corrected chi connectivity index (χ0v) is 16.9. The first-order valence-electron chi connectivity index (χ1n) is 9.07. The van der Waals surface area contributed by atoms with Crippen LogP contribution in [0.4, 0.5) is 4.39 Å². The van der Waals surface area contributed by atoms with Crippen LogP contribution in [-0.2, 0) is 16.4 Å². The predicted octanol–water partition coefficient (Wildman–Crippen LogP) is 2.91. The van der Waals surface area contributed by atoms with E-state index in [-0.39, 0.29) is 36.4 Å². The molecule has 5 nitrogen and oxygen atoms in total. The van der Waals surface area contributed by atoms with Crippen molar-refractivity contribution in [3.8, 4) is 5.75 Å². The fourth-order valence-corrected chi connectivity index (χ4v) is 5.28. The molecule has 0 aliphatic carbocycles. The normalized spacial score (nSPS) is 19.6. The molecule has 0 bridgehead atoms. The van der Waals surface area contributed by atoms with Crippen LogP contribution >= 0.6 is 11.6 Å². The van der Waals surface area contributed by atoms with Crippen molar-refractivity contribution in [1.29, 1.82) is 0 Å². The average Bonchev–Trinajstić information content (AvgIpc) is 3.02. The van der Waals surface area contributed by atoms with E-state index in [9.17, 15) is 17.9 Å². The summed E-state index contributed by atoms with van der Waals surface area (Å²) < 4.78 is 42.9. The van der Waals surface area contributed by atoms with E-state index in [1.165, 1.54) is 12.1 Å². The number of nitrogens with zero attached hydrogens (tertiary/aromatic N) is 1. The van der Waals surface area contributed by atoms with Crippen LogP contribution in [0.2, 0.25) is 5.02 Å². The maximum Gasteiger partial charge on any atom is 0.165 e. The molecule has 0 aromatic heterocycles. The largest absolute Gasteiger partial charge is 0.488 e. The van der Waals surface area contributed by atoms with Crippen molar-refractivity contribution in [2.45, 2.75) is 25.1 Å². The van der Waals surface area contributed by atoms with Crippen LogP contribution < -0.4 is 4.74 Å². The molecule has 0 saturated carbocycles. The molecule has 1 fully saturated rings. The molecule has 1 heterocycles. The van der Waals surface area contributed by atoms with Gasteiger partial charge in [-0.25, -0.2) is 12.8 Å². The fourth-order valence-electron chi connectivity index (χ4n) is 3.32. The molecule has 28 heavy (non-hydrogen) atoms. The highest BCUT2D eigenvalue weighted by atomic mass is 35.5. The minimum absolute atomic E-state index is 0.0539. The van der Waals surface area contributed by atoms with E-state index >= 15 is 0 Å². The lowest BCUT2D eigenvalue weighted by atomic mass is 10.1. The lowest BCUT2D eigenvalue weighted by molar-refractivity contribution is 0.0514. The number of sulfone groups is 1. The maximum absolute atomic E-state index is 13.7. The second-order valence-corrected chi connectivity index (χ2v) is 9.61. The third-order valence-corrected chi connectivity index (χ3v) is 6.89. The van der Waals surface area contributed by atoms with E-state index in [1.807, 2.05) is 23.1 Å². The number of ether oxygens (including phenoxy) is 1. The van der Waals surface area contributed by atoms with Crippen LogP contribution in [0, 0.1) is 5.82 Å². The lowest BCUT2D eigenvalue weighted by Crippen LogP contribution is -2.42. The molecule has 2 aromatic rings. The number of hydrogen-bond acceptors (Lipinski definition) is 5. The number of benzene rings is 2. The molecule has 1 N–H and O–H groups in total. The van der Waals surface area contributed by atoms with Gasteiger partial charge in [0.2, 0.25) is 0 Å². The maximum atomic E-state index is 13.7. The Morgan fingerprint density at radius 1 is 1.21 bits per heavy atom. The fraction of sp³-hybridized carbons (Fsp3) is 0.400. The van der Waals surface area contributed by atoms with Crippen LogP contribution in [0.15, 0.2) is 48.5 Å². The Labute approximate surface area is 169 Å². The van der Waals surface area contributed by atoms with Gasteiger partial charge in [0.1, 0.15) is 12.7 Å². The van der Waals surface area contributed by atoms with Gasteiger partial charge in [-0.15, -0.1) is 0 Å². The number of aliphatic hydroxyl groups excluding tert-OH is 1. The van der Waals surface area contributed by atoms with Gasteiger partial charge in [-0.05, 0) is 30.2 Å². The van der Waals surface area contributed by atoms with Gasteiger partial charge in [-0.1, -0.05) is 41.9 Å². The van der Waals surface area contributed by atoms with E-state index in [0.29, 0.717) is 18.0 Å². The first-order chi connectivity index (χ1) is 13.3. The van der Waals surface area contributed by atoms with Gasteiger partial charge in [0.05, 0.1) is 11.5 Å². The van der Waals surface area contributed by atoms with E-state index in [1.54, 1.807) is 18.2 Å². The van der Waals surface area contributed by atoms with Gasteiger partial charge in [0.15, 0.2) is 21.4 Å². The zero-order valence-electron chi connectivity index (χ0n) is 15.3. The van der Waals surface area contributed by atoms with Crippen molar-refractivity contribution in [2.75, 3.05) is 24.7 Å². The summed E-state index contributed by atoms with van der Waals surface area (Å²) in [5.41, 5.74) is 0.857. The average molecular weight is 428 g/mol. The summed E-state index contributed by atoms with van der Waals surface area (Å²) in [6.07, 6.45) is -0.404. The van der Waals surface area contributed by atoms with Crippen LogP contribution in [0.3, 0.4) is 0 Å². The SMILES string of the molecule is O=S1(=O)CCC(N(Cc2ccccc2Cl)CC(O)COc2ccccc2F)C1. The second-order valence-electron chi connectivity index (χ2n) is 6.97. The number of aliphatic hydroxyl groups is 1. The molecule has 0 spiro atoms. The Morgan fingerprint density at radius 3 is 2.61 bits per heavy atom. The quantitative estimate of drug-likeness (QED) is 0.701. The number of rotatable bonds is 8. The summed E-state index contributed by atoms with van der Waals surface area (Å²) in [6.45, 7) is 0.510. The summed E-state index contributed by atoms with van der Waals surface area (Å²) in [6, 6.07) is 13.1. The highest BCUT2D eigenvalue weighted by molar-refractivity contribution is 7.91. The minimum Gasteiger partial charge on any atom is -0.488 e. The Kier molecular flexibility index (Phi) is 6.93. The minimum atomic E-state index is -3.08. The third-order valence-electron chi connectivity index (χ3n) is 4.77. The summed E-state index contributed by atoms with van der Waals surface area (Å²) in [5, 5.41) is 11.0. The molecule has 2 atom stereocenters. The molecule has 1 aliphatic rings. The molecule has 0 amide bonds. The molecule has 152 valence electrons. The van der Waals surface area contributed by atoms with Gasteiger partial charge in [-0.3, -0.25) is 4.90 Å². The lowest BCUT2D eigenvalue weighted by Gasteiger charge is -2.30. The van der Waals surface area contributed by atoms with Crippen LogP contribution in [-0.4, -0.2) is 55.2 Å². The Balaban J connectivity index is 1.68. The smallest absolute Gasteiger partial charge is 0.165 e. The monoisotopic (exact) mass is 427 g/mol. The Hall–Kier alpha value is -1.67. The number of hydrogen-bond donors (Lipinski definition) is 1. The molecule has 2 unspecified atom stereocenters. The van der Waals surface area contributed by atoms with Gasteiger partial charge in [0.25, 0.3) is 0 Å². The molecule has 0 radical (unpaired) electrons. The topological polar surface area (TPSA) is 66.8 Å². The van der Waals surface area contributed by atoms with Crippen LogP contribution in [0.1, 0.15) is 12.0 Å². The predicted molar refractivity (Wildman–Crippen MR) is 107 cm³/mol. The molecule has 8 heteroatoms. The summed E-state index contributed by atoms with van der Waals surface area (Å²) in [4.78, 5) is 1.92. The number of halogens is 2. The van der Waals surface area contributed by atoms with Crippen molar-refractivity contribution in [3.05, 3.63) is 64.9 Å². The van der Waals surface area contributed by atoms with E-state index in [4.69, 9.17) is 16.3 Å². The van der Waals surface area contributed by atoms with Crippen molar-refractivity contribution in [3.63, 3.8) is 0 Å². The molecule has 2 aromatic carbocycles. The molecular weight excluding hydrogens is 405 g/mol. The molecule has 1 saturated heterocycles. The standard InChI is InChI=1S/C20H23ClFNO4S/c21-18-6-2-1-5-15(18)11-23(16-9-10-28(25,26)14-16)12-17(24)13-27-20-8-4-3-7-19(20)22/h1-8,16-17,24H,9-14H2. The summed E-state index contributed by atoms with van der Waals surface area (Å²) in [5.74, 6) is -0.233. The summed E-state index contributed by atoms with van der Waals surface area (Å²) >= 11 is 6.25. The second kappa shape index (κ2) is 9.22. The van der Waals surface area contributed by atoms with Gasteiger partial charge < -0.3 is 9.84 Å². The van der Waals surface area contributed by atoms with Crippen LogP contribution in [0.25, 0.3) is 0 Å². The van der Waals surface area contributed by atoms with E-state index < -0.39 is 21.8 Å². The van der Waals surface area contributed by atoms with Crippen molar-refractivity contribution in [2.24, 2.45) is 0 Å². The third kappa shape index (κ3) is 5.67.